The molecule has 0 unspecified atom stereocenters. The lowest BCUT2D eigenvalue weighted by molar-refractivity contribution is -0.134. The summed E-state index contributed by atoms with van der Waals surface area (Å²) >= 11 is 1.65. The molecule has 120 valence electrons. The second kappa shape index (κ2) is 5.61. The zero-order chi connectivity index (χ0) is 16.7. The zero-order valence-corrected chi connectivity index (χ0v) is 13.7. The van der Waals surface area contributed by atoms with Gasteiger partial charge >= 0.3 is 5.97 Å². The predicted octanol–water partition coefficient (Wildman–Crippen LogP) is 3.42. The van der Waals surface area contributed by atoms with E-state index in [1.54, 1.807) is 17.5 Å². The summed E-state index contributed by atoms with van der Waals surface area (Å²) in [6, 6.07) is 12.1. The van der Waals surface area contributed by atoms with Gasteiger partial charge in [0.05, 0.1) is 0 Å². The van der Waals surface area contributed by atoms with Gasteiger partial charge in [-0.15, -0.1) is 11.3 Å². The summed E-state index contributed by atoms with van der Waals surface area (Å²) in [6.45, 7) is 1.78. The largest absolute Gasteiger partial charge is 0.480 e. The fraction of sp³-hybridized carbons (Fsp3) is 0.118. The zero-order valence-electron chi connectivity index (χ0n) is 12.9. The Morgan fingerprint density at radius 2 is 2.12 bits per heavy atom. The number of fused-ring (bicyclic) bond motifs is 3. The second-order valence-corrected chi connectivity index (χ2v) is 6.46. The van der Waals surface area contributed by atoms with Crippen molar-refractivity contribution in [2.45, 2.75) is 6.92 Å². The first-order chi connectivity index (χ1) is 11.6. The Bertz CT molecular complexity index is 1050. The van der Waals surface area contributed by atoms with Crippen molar-refractivity contribution < 1.29 is 9.90 Å². The van der Waals surface area contributed by atoms with Crippen LogP contribution in [0.2, 0.25) is 0 Å². The van der Waals surface area contributed by atoms with Crippen molar-refractivity contribution in [2.75, 3.05) is 11.9 Å². The highest BCUT2D eigenvalue weighted by atomic mass is 32.1. The number of hydrogen-bond donors (Lipinski definition) is 2. The number of carboxylic acid groups (broad SMARTS) is 1. The number of aryl methyl sites for hydroxylation is 1. The van der Waals surface area contributed by atoms with E-state index in [0.717, 1.165) is 26.5 Å². The molecule has 2 N–H and O–H groups in total. The minimum atomic E-state index is -0.936. The highest BCUT2D eigenvalue weighted by molar-refractivity contribution is 7.21. The molecule has 0 amide bonds. The highest BCUT2D eigenvalue weighted by Gasteiger charge is 2.15. The summed E-state index contributed by atoms with van der Waals surface area (Å²) in [5, 5.41) is 11.8. The van der Waals surface area contributed by atoms with Crippen molar-refractivity contribution in [1.29, 1.82) is 0 Å². The molecule has 0 bridgehead atoms. The first-order valence-corrected chi connectivity index (χ1v) is 8.24. The van der Waals surface area contributed by atoms with E-state index in [9.17, 15) is 4.79 Å². The van der Waals surface area contributed by atoms with E-state index in [1.807, 2.05) is 35.6 Å². The lowest BCUT2D eigenvalue weighted by Crippen LogP contribution is -2.14. The van der Waals surface area contributed by atoms with Gasteiger partial charge in [-0.3, -0.25) is 9.20 Å². The van der Waals surface area contributed by atoms with Crippen molar-refractivity contribution in [3.8, 4) is 10.4 Å². The number of nitrogens with one attached hydrogen (secondary N) is 1. The van der Waals surface area contributed by atoms with Crippen LogP contribution < -0.4 is 5.32 Å². The van der Waals surface area contributed by atoms with Gasteiger partial charge in [0.25, 0.3) is 0 Å². The topological polar surface area (TPSA) is 79.5 Å². The number of aliphatic carboxylic acids is 1. The van der Waals surface area contributed by atoms with Crippen molar-refractivity contribution in [2.24, 2.45) is 0 Å². The molecule has 3 heterocycles. The average Bonchev–Trinajstić information content (AvgIpc) is 3.17. The van der Waals surface area contributed by atoms with Gasteiger partial charge in [-0.05, 0) is 18.6 Å². The fourth-order valence-electron chi connectivity index (χ4n) is 2.67. The van der Waals surface area contributed by atoms with Crippen LogP contribution in [0.4, 0.5) is 5.82 Å². The normalized spacial score (nSPS) is 11.2. The minimum absolute atomic E-state index is 0.199. The summed E-state index contributed by atoms with van der Waals surface area (Å²) in [7, 11) is 0. The number of aromatic nitrogens is 3. The van der Waals surface area contributed by atoms with Crippen LogP contribution in [-0.2, 0) is 4.79 Å². The Hall–Kier alpha value is -2.93. The number of nitrogens with zero attached hydrogens (tertiary/aromatic N) is 3. The number of carboxylic acids is 1. The first kappa shape index (κ1) is 14.6. The summed E-state index contributed by atoms with van der Waals surface area (Å²) < 4.78 is 2.02. The SMILES string of the molecule is Cc1cnc2c(NCC(=O)O)nc3cc(-c4ccccc4)sc3n12. The molecule has 0 atom stereocenters. The van der Waals surface area contributed by atoms with Crippen LogP contribution >= 0.6 is 11.3 Å². The first-order valence-electron chi connectivity index (χ1n) is 7.42. The Kier molecular flexibility index (Phi) is 3.42. The third-order valence-corrected chi connectivity index (χ3v) is 4.90. The van der Waals surface area contributed by atoms with Gasteiger partial charge in [0.2, 0.25) is 0 Å². The van der Waals surface area contributed by atoms with Gasteiger partial charge in [0.1, 0.15) is 16.9 Å². The van der Waals surface area contributed by atoms with Crippen LogP contribution in [0.15, 0.2) is 42.6 Å². The minimum Gasteiger partial charge on any atom is -0.480 e. The molecule has 0 radical (unpaired) electrons. The fourth-order valence-corrected chi connectivity index (χ4v) is 3.83. The third kappa shape index (κ3) is 2.39. The van der Waals surface area contributed by atoms with Gasteiger partial charge in [0.15, 0.2) is 11.5 Å². The number of anilines is 1. The Balaban J connectivity index is 1.94. The number of imidazole rings is 1. The molecule has 0 saturated heterocycles. The van der Waals surface area contributed by atoms with Gasteiger partial charge < -0.3 is 10.4 Å². The van der Waals surface area contributed by atoms with E-state index >= 15 is 0 Å². The van der Waals surface area contributed by atoms with Crippen LogP contribution in [0.5, 0.6) is 0 Å². The predicted molar refractivity (Wildman–Crippen MR) is 94.7 cm³/mol. The quantitative estimate of drug-likeness (QED) is 0.596. The Morgan fingerprint density at radius 1 is 1.33 bits per heavy atom. The molecule has 0 aliphatic carbocycles. The van der Waals surface area contributed by atoms with E-state index in [1.165, 1.54) is 0 Å². The summed E-state index contributed by atoms with van der Waals surface area (Å²) in [6.07, 6.45) is 1.77. The molecule has 0 spiro atoms. The van der Waals surface area contributed by atoms with E-state index in [0.29, 0.717) is 11.5 Å². The van der Waals surface area contributed by atoms with Gasteiger partial charge in [-0.2, -0.15) is 0 Å². The molecule has 1 aromatic carbocycles. The molecule has 4 rings (SSSR count). The molecule has 7 heteroatoms. The molecule has 0 aliphatic heterocycles. The van der Waals surface area contributed by atoms with Crippen LogP contribution in [-0.4, -0.2) is 32.0 Å². The molecular weight excluding hydrogens is 324 g/mol. The Labute approximate surface area is 141 Å². The number of benzene rings is 1. The monoisotopic (exact) mass is 338 g/mol. The molecule has 6 nitrogen and oxygen atoms in total. The van der Waals surface area contributed by atoms with Crippen molar-refractivity contribution in [3.05, 3.63) is 48.3 Å². The standard InChI is InChI=1S/C17H14N4O2S/c1-10-8-19-16-15(18-9-14(22)23)20-12-7-13(24-17(12)21(10)16)11-5-3-2-4-6-11/h2-8H,9H2,1H3,(H,18,20)(H,22,23). The lowest BCUT2D eigenvalue weighted by atomic mass is 10.2. The smallest absolute Gasteiger partial charge is 0.322 e. The summed E-state index contributed by atoms with van der Waals surface area (Å²) in [5.41, 5.74) is 3.58. The van der Waals surface area contributed by atoms with Crippen LogP contribution in [0, 0.1) is 6.92 Å². The third-order valence-electron chi connectivity index (χ3n) is 3.74. The molecule has 3 aromatic heterocycles. The molecule has 0 saturated carbocycles. The number of rotatable bonds is 4. The average molecular weight is 338 g/mol. The van der Waals surface area contributed by atoms with Crippen molar-refractivity contribution in [1.82, 2.24) is 14.4 Å². The molecule has 4 aromatic rings. The maximum absolute atomic E-state index is 10.9. The highest BCUT2D eigenvalue weighted by Crippen LogP contribution is 2.34. The summed E-state index contributed by atoms with van der Waals surface area (Å²) in [5.74, 6) is -0.455. The van der Waals surface area contributed by atoms with Crippen LogP contribution in [0.1, 0.15) is 5.69 Å². The lowest BCUT2D eigenvalue weighted by Gasteiger charge is -2.06. The second-order valence-electron chi connectivity index (χ2n) is 5.43. The van der Waals surface area contributed by atoms with Gasteiger partial charge in [-0.25, -0.2) is 9.97 Å². The van der Waals surface area contributed by atoms with E-state index in [2.05, 4.69) is 27.4 Å². The molecule has 0 aliphatic rings. The van der Waals surface area contributed by atoms with Crippen molar-refractivity contribution >= 4 is 39.1 Å². The molecular formula is C17H14N4O2S. The molecule has 24 heavy (non-hydrogen) atoms. The van der Waals surface area contributed by atoms with Crippen molar-refractivity contribution in [3.63, 3.8) is 0 Å². The maximum atomic E-state index is 10.9. The van der Waals surface area contributed by atoms with E-state index in [-0.39, 0.29) is 6.54 Å². The van der Waals surface area contributed by atoms with Gasteiger partial charge in [-0.1, -0.05) is 30.3 Å². The number of thiophene rings is 1. The number of hydrogen-bond acceptors (Lipinski definition) is 5. The summed E-state index contributed by atoms with van der Waals surface area (Å²) in [4.78, 5) is 21.9. The number of carbonyl (C=O) groups is 1. The van der Waals surface area contributed by atoms with E-state index < -0.39 is 5.97 Å². The van der Waals surface area contributed by atoms with Gasteiger partial charge in [0, 0.05) is 16.8 Å². The van der Waals surface area contributed by atoms with Crippen LogP contribution in [0.3, 0.4) is 0 Å². The Morgan fingerprint density at radius 3 is 2.88 bits per heavy atom. The maximum Gasteiger partial charge on any atom is 0.322 e. The molecule has 0 fully saturated rings. The van der Waals surface area contributed by atoms with Crippen LogP contribution in [0.25, 0.3) is 26.4 Å². The van der Waals surface area contributed by atoms with E-state index in [4.69, 9.17) is 5.11 Å².